The van der Waals surface area contributed by atoms with Crippen molar-refractivity contribution in [3.05, 3.63) is 77.9 Å². The molecule has 0 spiro atoms. The molecule has 4 nitrogen and oxygen atoms in total. The molecule has 1 aliphatic rings. The number of nitrogens with zero attached hydrogens (tertiary/aromatic N) is 1. The van der Waals surface area contributed by atoms with E-state index in [0.717, 1.165) is 23.3 Å². The summed E-state index contributed by atoms with van der Waals surface area (Å²) in [5.74, 6) is 1.14. The van der Waals surface area contributed by atoms with Gasteiger partial charge in [-0.05, 0) is 47.3 Å². The Morgan fingerprint density at radius 2 is 1.65 bits per heavy atom. The fourth-order valence-corrected chi connectivity index (χ4v) is 5.48. The number of hydrogen-bond acceptors (Lipinski definition) is 3. The number of carbonyl (C=O) groups is 1. The van der Waals surface area contributed by atoms with Crippen molar-refractivity contribution in [2.45, 2.75) is 77.4 Å². The van der Waals surface area contributed by atoms with E-state index in [1.54, 1.807) is 7.11 Å². The lowest BCUT2D eigenvalue weighted by Crippen LogP contribution is -2.47. The molecule has 1 aliphatic heterocycles. The molecule has 0 fully saturated rings. The molecule has 0 bridgehead atoms. The number of benzene rings is 2. The van der Waals surface area contributed by atoms with E-state index in [9.17, 15) is 4.79 Å². The van der Waals surface area contributed by atoms with Gasteiger partial charge in [-0.15, -0.1) is 0 Å². The van der Waals surface area contributed by atoms with Crippen molar-refractivity contribution in [3.8, 4) is 5.75 Å². The highest BCUT2D eigenvalue weighted by atomic mass is 28.4. The zero-order valence-electron chi connectivity index (χ0n) is 21.9. The highest BCUT2D eigenvalue weighted by Gasteiger charge is 2.41. The molecule has 34 heavy (non-hydrogen) atoms. The Labute approximate surface area is 207 Å². The van der Waals surface area contributed by atoms with E-state index in [-0.39, 0.29) is 29.0 Å². The molecule has 0 saturated heterocycles. The third-order valence-corrected chi connectivity index (χ3v) is 11.9. The molecule has 5 heteroatoms. The molecule has 0 aromatic heterocycles. The molecule has 0 radical (unpaired) electrons. The highest BCUT2D eigenvalue weighted by molar-refractivity contribution is 6.74. The minimum atomic E-state index is -2.00. The molecule has 3 rings (SSSR count). The third-order valence-electron chi connectivity index (χ3n) is 7.45. The molecule has 184 valence electrons. The van der Waals surface area contributed by atoms with Crippen LogP contribution in [-0.2, 0) is 15.8 Å². The molecule has 1 heterocycles. The second-order valence-corrected chi connectivity index (χ2v) is 15.6. The van der Waals surface area contributed by atoms with E-state index in [0.29, 0.717) is 13.0 Å². The first-order valence-corrected chi connectivity index (χ1v) is 15.3. The molecule has 0 N–H and O–H groups in total. The highest BCUT2D eigenvalue weighted by Crippen LogP contribution is 2.40. The lowest BCUT2D eigenvalue weighted by Gasteiger charge is -2.42. The first-order chi connectivity index (χ1) is 16.1. The topological polar surface area (TPSA) is 38.8 Å². The number of methoxy groups -OCH3 is 1. The number of amides is 1. The normalized spacial score (nSPS) is 22.7. The third kappa shape index (κ3) is 6.19. The predicted octanol–water partition coefficient (Wildman–Crippen LogP) is 7.14. The Balaban J connectivity index is 2.02. The summed E-state index contributed by atoms with van der Waals surface area (Å²) in [5.41, 5.74) is 2.20. The van der Waals surface area contributed by atoms with Gasteiger partial charge < -0.3 is 14.1 Å². The molecule has 2 aromatic carbocycles. The lowest BCUT2D eigenvalue weighted by atomic mass is 9.90. The Morgan fingerprint density at radius 1 is 1.00 bits per heavy atom. The second-order valence-electron chi connectivity index (χ2n) is 10.8. The summed E-state index contributed by atoms with van der Waals surface area (Å²) in [6, 6.07) is 18.1. The van der Waals surface area contributed by atoms with Crippen molar-refractivity contribution in [1.29, 1.82) is 0 Å². The first kappa shape index (κ1) is 26.2. The van der Waals surface area contributed by atoms with Crippen molar-refractivity contribution < 1.29 is 14.0 Å². The van der Waals surface area contributed by atoms with E-state index < -0.39 is 8.32 Å². The largest absolute Gasteiger partial charge is 0.497 e. The van der Waals surface area contributed by atoms with Crippen LogP contribution in [0.25, 0.3) is 0 Å². The summed E-state index contributed by atoms with van der Waals surface area (Å²) in [6.07, 6.45) is 5.74. The maximum Gasteiger partial charge on any atom is 0.224 e. The van der Waals surface area contributed by atoms with Crippen LogP contribution in [-0.4, -0.2) is 32.3 Å². The van der Waals surface area contributed by atoms with E-state index in [1.165, 1.54) is 0 Å². The van der Waals surface area contributed by atoms with Crippen molar-refractivity contribution in [1.82, 2.24) is 4.90 Å². The first-order valence-electron chi connectivity index (χ1n) is 12.4. The van der Waals surface area contributed by atoms with Crippen LogP contribution in [0.3, 0.4) is 0 Å². The van der Waals surface area contributed by atoms with Gasteiger partial charge in [0.2, 0.25) is 5.91 Å². The number of rotatable bonds is 7. The maximum atomic E-state index is 13.8. The minimum absolute atomic E-state index is 0.0607. The molecule has 1 amide bonds. The van der Waals surface area contributed by atoms with Crippen molar-refractivity contribution in [2.24, 2.45) is 5.92 Å². The van der Waals surface area contributed by atoms with Crippen molar-refractivity contribution in [2.75, 3.05) is 7.11 Å². The van der Waals surface area contributed by atoms with Crippen LogP contribution in [0.15, 0.2) is 66.7 Å². The zero-order valence-corrected chi connectivity index (χ0v) is 22.9. The zero-order chi connectivity index (χ0) is 24.9. The molecule has 0 saturated carbocycles. The maximum absolute atomic E-state index is 13.8. The molecular weight excluding hydrogens is 438 g/mol. The smallest absolute Gasteiger partial charge is 0.224 e. The average molecular weight is 480 g/mol. The Hall–Kier alpha value is -2.37. The Morgan fingerprint density at radius 3 is 2.21 bits per heavy atom. The van der Waals surface area contributed by atoms with Gasteiger partial charge >= 0.3 is 0 Å². The molecule has 0 aliphatic carbocycles. The van der Waals surface area contributed by atoms with Gasteiger partial charge in [0.1, 0.15) is 5.75 Å². The Kier molecular flexibility index (Phi) is 8.42. The molecule has 2 aromatic rings. The van der Waals surface area contributed by atoms with E-state index >= 15 is 0 Å². The van der Waals surface area contributed by atoms with Crippen LogP contribution in [0.4, 0.5) is 0 Å². The van der Waals surface area contributed by atoms with Gasteiger partial charge in [-0.3, -0.25) is 4.79 Å². The lowest BCUT2D eigenvalue weighted by molar-refractivity contribution is -0.135. The van der Waals surface area contributed by atoms with Crippen LogP contribution in [0.5, 0.6) is 5.75 Å². The van der Waals surface area contributed by atoms with E-state index in [4.69, 9.17) is 9.16 Å². The van der Waals surface area contributed by atoms with Crippen LogP contribution in [0.2, 0.25) is 18.1 Å². The average Bonchev–Trinajstić information content (AvgIpc) is 2.80. The summed E-state index contributed by atoms with van der Waals surface area (Å²) in [4.78, 5) is 15.8. The number of carbonyl (C=O) groups excluding carboxylic acids is 1. The Bertz CT molecular complexity index is 963. The van der Waals surface area contributed by atoms with Crippen molar-refractivity contribution in [3.63, 3.8) is 0 Å². The SMILES string of the molecule is CC[C@@H]1CC(=O)N(Cc2ccccc2)[C@@H](c2ccc(OC)cc2)/C=C\[C@@H]1O[Si](C)(C)C(C)(C)C. The molecule has 0 unspecified atom stereocenters. The monoisotopic (exact) mass is 479 g/mol. The van der Waals surface area contributed by atoms with E-state index in [1.807, 2.05) is 35.2 Å². The summed E-state index contributed by atoms with van der Waals surface area (Å²) >= 11 is 0. The summed E-state index contributed by atoms with van der Waals surface area (Å²) in [6.45, 7) is 14.1. The fourth-order valence-electron chi connectivity index (χ4n) is 4.18. The van der Waals surface area contributed by atoms with Gasteiger partial charge in [0, 0.05) is 13.0 Å². The minimum Gasteiger partial charge on any atom is -0.497 e. The summed E-state index contributed by atoms with van der Waals surface area (Å²) < 4.78 is 12.2. The second kappa shape index (κ2) is 10.9. The summed E-state index contributed by atoms with van der Waals surface area (Å²) in [5, 5.41) is 0.111. The standard InChI is InChI=1S/C29H41NO3Si/c1-8-23-20-28(31)30(21-22-12-10-9-11-13-22)26(24-14-16-25(32-5)17-15-24)18-19-27(23)33-34(6,7)29(2,3)4/h9-19,23,26-27H,8,20-21H2,1-7H3/b19-18-/t23-,26-,27+/m1/s1. The fraction of sp³-hybridized carbons (Fsp3) is 0.483. The van der Waals surface area contributed by atoms with Crippen LogP contribution in [0, 0.1) is 5.92 Å². The van der Waals surface area contributed by atoms with Crippen molar-refractivity contribution >= 4 is 14.2 Å². The predicted molar refractivity (Wildman–Crippen MR) is 142 cm³/mol. The molecule has 3 atom stereocenters. The number of hydrogen-bond donors (Lipinski definition) is 0. The van der Waals surface area contributed by atoms with Gasteiger partial charge in [0.25, 0.3) is 0 Å². The molecular formula is C29H41NO3Si. The van der Waals surface area contributed by atoms with Gasteiger partial charge in [0.05, 0.1) is 19.3 Å². The van der Waals surface area contributed by atoms with Crippen LogP contribution < -0.4 is 4.74 Å². The number of ether oxygens (including phenoxy) is 1. The van der Waals surface area contributed by atoms with Gasteiger partial charge in [-0.1, -0.05) is 88.7 Å². The van der Waals surface area contributed by atoms with E-state index in [2.05, 4.69) is 77.2 Å². The van der Waals surface area contributed by atoms with Crippen LogP contribution >= 0.6 is 0 Å². The van der Waals surface area contributed by atoms with Gasteiger partial charge in [-0.25, -0.2) is 0 Å². The quantitative estimate of drug-likeness (QED) is 0.313. The van der Waals surface area contributed by atoms with Gasteiger partial charge in [0.15, 0.2) is 8.32 Å². The van der Waals surface area contributed by atoms with Crippen LogP contribution in [0.1, 0.15) is 57.7 Å². The van der Waals surface area contributed by atoms with Gasteiger partial charge in [-0.2, -0.15) is 0 Å². The summed E-state index contributed by atoms with van der Waals surface area (Å²) in [7, 11) is -0.325.